The lowest BCUT2D eigenvalue weighted by atomic mass is 9.38. The van der Waals surface area contributed by atoms with Crippen LogP contribution in [0.25, 0.3) is 0 Å². The largest absolute Gasteiger partial charge is 0.425 e. The van der Waals surface area contributed by atoms with E-state index in [1.165, 1.54) is 12.0 Å². The minimum atomic E-state index is -0.108. The molecule has 0 spiro atoms. The molecule has 228 valence electrons. The van der Waals surface area contributed by atoms with Crippen LogP contribution in [-0.4, -0.2) is 21.1 Å². The molecule has 2 heterocycles. The standard InChI is InChI=1S/C35H55N3O3/c1-22-19-30(4,5)14-16-35(22,29-38-37-24(3)40-29)17-15-31(6,7)34(11)13-12-26-32(8,9)28-25(21-36-41-28)20-33(26,10)27(34)18-23(2)39/h21-22,26-27H,12-20H2,1-11H3/t22?,26-,27+,33-,34+,35-/m0/s1. The van der Waals surface area contributed by atoms with Gasteiger partial charge in [-0.15, -0.1) is 10.2 Å². The summed E-state index contributed by atoms with van der Waals surface area (Å²) in [5.74, 6) is 4.02. The molecule has 0 saturated heterocycles. The van der Waals surface area contributed by atoms with Gasteiger partial charge in [-0.3, -0.25) is 0 Å². The average Bonchev–Trinajstić information content (AvgIpc) is 3.50. The molecule has 2 saturated carbocycles. The van der Waals surface area contributed by atoms with E-state index in [0.717, 1.165) is 56.6 Å². The Morgan fingerprint density at radius 2 is 1.78 bits per heavy atom. The van der Waals surface area contributed by atoms with E-state index in [1.54, 1.807) is 6.92 Å². The van der Waals surface area contributed by atoms with Crippen LogP contribution in [0.3, 0.4) is 0 Å². The van der Waals surface area contributed by atoms with Gasteiger partial charge in [-0.1, -0.05) is 67.5 Å². The van der Waals surface area contributed by atoms with Crippen molar-refractivity contribution in [2.75, 3.05) is 0 Å². The Kier molecular flexibility index (Phi) is 7.26. The number of hydrogen-bond acceptors (Lipinski definition) is 6. The maximum atomic E-state index is 13.0. The number of Topliss-reactive ketones (excluding diaryl/α,β-unsaturated/α-hetero) is 1. The molecule has 0 aromatic carbocycles. The fourth-order valence-corrected chi connectivity index (χ4v) is 10.4. The van der Waals surface area contributed by atoms with Crippen molar-refractivity contribution in [3.63, 3.8) is 0 Å². The van der Waals surface area contributed by atoms with Crippen LogP contribution in [0, 0.1) is 46.3 Å². The number of carbonyl (C=O) groups is 1. The predicted octanol–water partition coefficient (Wildman–Crippen LogP) is 8.81. The van der Waals surface area contributed by atoms with Gasteiger partial charge in [0, 0.05) is 24.3 Å². The second kappa shape index (κ2) is 9.77. The third-order valence-electron chi connectivity index (χ3n) is 13.2. The van der Waals surface area contributed by atoms with E-state index in [2.05, 4.69) is 77.7 Å². The van der Waals surface area contributed by atoms with E-state index in [0.29, 0.717) is 35.3 Å². The van der Waals surface area contributed by atoms with Crippen LogP contribution in [0.4, 0.5) is 0 Å². The van der Waals surface area contributed by atoms with E-state index >= 15 is 0 Å². The first-order chi connectivity index (χ1) is 18.9. The topological polar surface area (TPSA) is 82.0 Å². The van der Waals surface area contributed by atoms with Gasteiger partial charge in [0.2, 0.25) is 11.8 Å². The lowest BCUT2D eigenvalue weighted by molar-refractivity contribution is -0.155. The van der Waals surface area contributed by atoms with Gasteiger partial charge in [-0.2, -0.15) is 0 Å². The maximum Gasteiger partial charge on any atom is 0.222 e. The van der Waals surface area contributed by atoms with E-state index in [-0.39, 0.29) is 33.0 Å². The number of aryl methyl sites for hydroxylation is 1. The minimum absolute atomic E-state index is 0.00219. The molecule has 6 heteroatoms. The number of ketones is 1. The van der Waals surface area contributed by atoms with Gasteiger partial charge in [0.1, 0.15) is 11.5 Å². The molecular formula is C35H55N3O3. The highest BCUT2D eigenvalue weighted by Gasteiger charge is 2.64. The van der Waals surface area contributed by atoms with E-state index in [9.17, 15) is 4.79 Å². The number of carbonyl (C=O) groups excluding carboxylic acids is 1. The van der Waals surface area contributed by atoms with E-state index in [1.807, 2.05) is 13.1 Å². The summed E-state index contributed by atoms with van der Waals surface area (Å²) in [6, 6.07) is 0. The quantitative estimate of drug-likeness (QED) is 0.334. The minimum Gasteiger partial charge on any atom is -0.425 e. The highest BCUT2D eigenvalue weighted by molar-refractivity contribution is 5.76. The molecule has 0 bridgehead atoms. The summed E-state index contributed by atoms with van der Waals surface area (Å²) < 4.78 is 12.1. The van der Waals surface area contributed by atoms with Gasteiger partial charge in [0.15, 0.2) is 0 Å². The number of hydrogen-bond donors (Lipinski definition) is 0. The molecule has 6 atom stereocenters. The SMILES string of the molecule is CC(=O)C[C@@H]1[C@@]2(C)Cc3cnoc3C(C)(C)[C@@H]2CC[C@@]1(C)C(C)(C)CC[C@@]1(c2nnc(C)o2)CCC(C)(C)CC1C. The van der Waals surface area contributed by atoms with Crippen LogP contribution in [0.2, 0.25) is 0 Å². The maximum absolute atomic E-state index is 13.0. The Labute approximate surface area is 248 Å². The zero-order valence-electron chi connectivity index (χ0n) is 27.7. The first kappa shape index (κ1) is 30.5. The van der Waals surface area contributed by atoms with Crippen molar-refractivity contribution >= 4 is 5.78 Å². The summed E-state index contributed by atoms with van der Waals surface area (Å²) in [6.45, 7) is 25.5. The Balaban J connectivity index is 1.51. The van der Waals surface area contributed by atoms with Crippen molar-refractivity contribution in [3.8, 4) is 0 Å². The van der Waals surface area contributed by atoms with Crippen molar-refractivity contribution in [1.82, 2.24) is 15.4 Å². The summed E-state index contributed by atoms with van der Waals surface area (Å²) in [5.41, 5.74) is 1.34. The van der Waals surface area contributed by atoms with Crippen LogP contribution in [0.1, 0.15) is 144 Å². The number of nitrogens with zero attached hydrogens (tertiary/aromatic N) is 3. The third-order valence-corrected chi connectivity index (χ3v) is 13.2. The second-order valence-electron chi connectivity index (χ2n) is 17.0. The number of rotatable bonds is 7. The van der Waals surface area contributed by atoms with E-state index < -0.39 is 0 Å². The molecule has 41 heavy (non-hydrogen) atoms. The van der Waals surface area contributed by atoms with Gasteiger partial charge in [0.05, 0.1) is 11.6 Å². The molecule has 0 amide bonds. The Morgan fingerprint density at radius 3 is 2.39 bits per heavy atom. The van der Waals surface area contributed by atoms with Gasteiger partial charge in [-0.05, 0) is 97.7 Å². The normalized spacial score (nSPS) is 36.4. The summed E-state index contributed by atoms with van der Waals surface area (Å²) in [7, 11) is 0. The van der Waals surface area contributed by atoms with Crippen molar-refractivity contribution in [2.45, 2.75) is 145 Å². The van der Waals surface area contributed by atoms with Crippen molar-refractivity contribution in [2.24, 2.45) is 39.4 Å². The van der Waals surface area contributed by atoms with E-state index in [4.69, 9.17) is 8.94 Å². The number of aromatic nitrogens is 3. The van der Waals surface area contributed by atoms with Crippen molar-refractivity contribution in [3.05, 3.63) is 29.3 Å². The highest BCUT2D eigenvalue weighted by Crippen LogP contribution is 2.69. The zero-order valence-corrected chi connectivity index (χ0v) is 27.7. The molecule has 0 radical (unpaired) electrons. The predicted molar refractivity (Wildman–Crippen MR) is 161 cm³/mol. The Hall–Kier alpha value is -1.98. The van der Waals surface area contributed by atoms with Gasteiger partial charge < -0.3 is 13.7 Å². The summed E-state index contributed by atoms with van der Waals surface area (Å²) >= 11 is 0. The molecule has 2 aromatic rings. The smallest absolute Gasteiger partial charge is 0.222 e. The molecule has 0 N–H and O–H groups in total. The van der Waals surface area contributed by atoms with Crippen LogP contribution < -0.4 is 0 Å². The van der Waals surface area contributed by atoms with Crippen LogP contribution in [0.5, 0.6) is 0 Å². The molecule has 5 rings (SSSR count). The van der Waals surface area contributed by atoms with Crippen molar-refractivity contribution in [1.29, 1.82) is 0 Å². The lowest BCUT2D eigenvalue weighted by Gasteiger charge is -2.65. The lowest BCUT2D eigenvalue weighted by Crippen LogP contribution is -2.60. The van der Waals surface area contributed by atoms with Gasteiger partial charge in [-0.25, -0.2) is 0 Å². The first-order valence-corrected chi connectivity index (χ1v) is 16.1. The molecule has 2 fully saturated rings. The van der Waals surface area contributed by atoms with Gasteiger partial charge in [0.25, 0.3) is 0 Å². The third kappa shape index (κ3) is 4.74. The average molecular weight is 566 g/mol. The first-order valence-electron chi connectivity index (χ1n) is 16.1. The van der Waals surface area contributed by atoms with Gasteiger partial charge >= 0.3 is 0 Å². The Morgan fingerprint density at radius 1 is 1.07 bits per heavy atom. The Bertz CT molecular complexity index is 1290. The zero-order chi connectivity index (χ0) is 30.2. The number of fused-ring (bicyclic) bond motifs is 2. The fourth-order valence-electron chi connectivity index (χ4n) is 10.4. The molecule has 2 aromatic heterocycles. The molecular weight excluding hydrogens is 510 g/mol. The monoisotopic (exact) mass is 565 g/mol. The summed E-state index contributed by atoms with van der Waals surface area (Å²) in [5, 5.41) is 13.2. The second-order valence-corrected chi connectivity index (χ2v) is 17.0. The van der Waals surface area contributed by atoms with Crippen LogP contribution in [0.15, 0.2) is 15.1 Å². The summed E-state index contributed by atoms with van der Waals surface area (Å²) in [4.78, 5) is 13.0. The van der Waals surface area contributed by atoms with Crippen LogP contribution in [-0.2, 0) is 22.0 Å². The summed E-state index contributed by atoms with van der Waals surface area (Å²) in [6.07, 6.45) is 11.2. The van der Waals surface area contributed by atoms with Crippen LogP contribution >= 0.6 is 0 Å². The highest BCUT2D eigenvalue weighted by atomic mass is 16.5. The fraction of sp³-hybridized carbons (Fsp3) is 0.829. The van der Waals surface area contributed by atoms with Crippen molar-refractivity contribution < 1.29 is 13.7 Å². The molecule has 0 aliphatic heterocycles. The molecule has 1 unspecified atom stereocenters. The molecule has 3 aliphatic rings. The molecule has 3 aliphatic carbocycles. The molecule has 6 nitrogen and oxygen atoms in total.